The zero-order valence-corrected chi connectivity index (χ0v) is 12.9. The molecule has 0 fully saturated rings. The van der Waals surface area contributed by atoms with Crippen molar-refractivity contribution in [1.82, 2.24) is 9.88 Å². The van der Waals surface area contributed by atoms with E-state index in [-0.39, 0.29) is 0 Å². The van der Waals surface area contributed by atoms with Crippen LogP contribution in [0.1, 0.15) is 19.4 Å². The van der Waals surface area contributed by atoms with E-state index in [9.17, 15) is 0 Å². The van der Waals surface area contributed by atoms with Crippen LogP contribution >= 0.6 is 0 Å². The van der Waals surface area contributed by atoms with Gasteiger partial charge in [0.1, 0.15) is 0 Å². The van der Waals surface area contributed by atoms with E-state index in [1.165, 1.54) is 5.56 Å². The molecule has 2 nitrogen and oxygen atoms in total. The highest BCUT2D eigenvalue weighted by Gasteiger charge is 2.01. The molecule has 0 unspecified atom stereocenters. The van der Waals surface area contributed by atoms with Gasteiger partial charge in [-0.3, -0.25) is 4.98 Å². The van der Waals surface area contributed by atoms with Gasteiger partial charge < -0.3 is 4.90 Å². The van der Waals surface area contributed by atoms with E-state index in [1.54, 1.807) is 0 Å². The third-order valence-electron chi connectivity index (χ3n) is 2.96. The Bertz CT molecular complexity index is 513. The maximum absolute atomic E-state index is 4.34. The molecule has 2 aromatic rings. The molecule has 106 valence electrons. The first-order valence-electron chi connectivity index (χ1n) is 7.02. The van der Waals surface area contributed by atoms with Crippen molar-refractivity contribution in [2.24, 2.45) is 0 Å². The van der Waals surface area contributed by atoms with Crippen LogP contribution in [0.2, 0.25) is 0 Å². The van der Waals surface area contributed by atoms with Crippen LogP contribution in [0, 0.1) is 0 Å². The average Bonchev–Trinajstić information content (AvgIpc) is 2.51. The maximum atomic E-state index is 4.34. The Hall–Kier alpha value is -2.09. The predicted octanol–water partition coefficient (Wildman–Crippen LogP) is 4.39. The summed E-state index contributed by atoms with van der Waals surface area (Å²) in [5, 5.41) is 0. The SMILES string of the molecule is C=C(Cc1ccc(-c2ccccn2)cc1)N(C)C.CC. The molecule has 1 heterocycles. The minimum Gasteiger partial charge on any atom is -0.381 e. The Morgan fingerprint density at radius 2 is 1.70 bits per heavy atom. The van der Waals surface area contributed by atoms with E-state index < -0.39 is 0 Å². The average molecular weight is 268 g/mol. The molecule has 1 aromatic carbocycles. The summed E-state index contributed by atoms with van der Waals surface area (Å²) in [6, 6.07) is 14.5. The Labute approximate surface area is 122 Å². The van der Waals surface area contributed by atoms with Gasteiger partial charge in [0.05, 0.1) is 5.69 Å². The van der Waals surface area contributed by atoms with Gasteiger partial charge in [-0.1, -0.05) is 50.8 Å². The highest BCUT2D eigenvalue weighted by Crippen LogP contribution is 2.18. The second-order valence-corrected chi connectivity index (χ2v) is 4.55. The first-order chi connectivity index (χ1) is 9.66. The van der Waals surface area contributed by atoms with Crippen molar-refractivity contribution in [3.8, 4) is 11.3 Å². The molecule has 2 rings (SSSR count). The molecule has 0 bridgehead atoms. The molecule has 0 aliphatic rings. The number of hydrogen-bond donors (Lipinski definition) is 0. The lowest BCUT2D eigenvalue weighted by Gasteiger charge is -2.15. The van der Waals surface area contributed by atoms with E-state index >= 15 is 0 Å². The number of allylic oxidation sites excluding steroid dienone is 1. The van der Waals surface area contributed by atoms with Crippen LogP contribution < -0.4 is 0 Å². The predicted molar refractivity (Wildman–Crippen MR) is 87.6 cm³/mol. The zero-order chi connectivity index (χ0) is 15.0. The molecule has 0 aliphatic carbocycles. The Morgan fingerprint density at radius 3 is 2.20 bits per heavy atom. The van der Waals surface area contributed by atoms with Crippen molar-refractivity contribution < 1.29 is 0 Å². The largest absolute Gasteiger partial charge is 0.381 e. The van der Waals surface area contributed by atoms with Gasteiger partial charge in [-0.15, -0.1) is 0 Å². The monoisotopic (exact) mass is 268 g/mol. The summed E-state index contributed by atoms with van der Waals surface area (Å²) >= 11 is 0. The third kappa shape index (κ3) is 4.54. The summed E-state index contributed by atoms with van der Waals surface area (Å²) in [4.78, 5) is 6.39. The zero-order valence-electron chi connectivity index (χ0n) is 12.9. The number of hydrogen-bond acceptors (Lipinski definition) is 2. The minimum absolute atomic E-state index is 0.884. The molecule has 2 heteroatoms. The number of aromatic nitrogens is 1. The summed E-state index contributed by atoms with van der Waals surface area (Å²) in [7, 11) is 4.04. The molecule has 0 saturated carbocycles. The second kappa shape index (κ2) is 8.16. The Morgan fingerprint density at radius 1 is 1.05 bits per heavy atom. The van der Waals surface area contributed by atoms with Crippen LogP contribution in [0.4, 0.5) is 0 Å². The molecule has 0 saturated heterocycles. The first kappa shape index (κ1) is 16.0. The van der Waals surface area contributed by atoms with E-state index in [2.05, 4.69) is 35.8 Å². The topological polar surface area (TPSA) is 16.1 Å². The molecule has 0 atom stereocenters. The summed E-state index contributed by atoms with van der Waals surface area (Å²) in [5.41, 5.74) is 4.54. The van der Waals surface area contributed by atoms with Gasteiger partial charge in [0.25, 0.3) is 0 Å². The third-order valence-corrected chi connectivity index (χ3v) is 2.96. The molecule has 0 aliphatic heterocycles. The van der Waals surface area contributed by atoms with Crippen LogP contribution in [-0.2, 0) is 6.42 Å². The van der Waals surface area contributed by atoms with Crippen molar-refractivity contribution in [3.05, 3.63) is 66.5 Å². The normalized spacial score (nSPS) is 9.40. The highest BCUT2D eigenvalue weighted by molar-refractivity contribution is 5.59. The molecule has 0 radical (unpaired) electrons. The van der Waals surface area contributed by atoms with E-state index in [0.29, 0.717) is 0 Å². The second-order valence-electron chi connectivity index (χ2n) is 4.55. The number of benzene rings is 1. The molecule has 0 spiro atoms. The van der Waals surface area contributed by atoms with E-state index in [1.807, 2.05) is 57.2 Å². The van der Waals surface area contributed by atoms with Crippen LogP contribution in [0.5, 0.6) is 0 Å². The summed E-state index contributed by atoms with van der Waals surface area (Å²) in [6.07, 6.45) is 2.70. The molecule has 0 amide bonds. The van der Waals surface area contributed by atoms with Crippen LogP contribution in [0.3, 0.4) is 0 Å². The van der Waals surface area contributed by atoms with Gasteiger partial charge in [0, 0.05) is 38.0 Å². The van der Waals surface area contributed by atoms with Gasteiger partial charge >= 0.3 is 0 Å². The van der Waals surface area contributed by atoms with Gasteiger partial charge in [-0.2, -0.15) is 0 Å². The van der Waals surface area contributed by atoms with E-state index in [4.69, 9.17) is 0 Å². The molecular weight excluding hydrogens is 244 g/mol. The number of rotatable bonds is 4. The van der Waals surface area contributed by atoms with Gasteiger partial charge in [-0.05, 0) is 17.7 Å². The van der Waals surface area contributed by atoms with Crippen molar-refractivity contribution in [2.45, 2.75) is 20.3 Å². The smallest absolute Gasteiger partial charge is 0.0701 e. The lowest BCUT2D eigenvalue weighted by atomic mass is 10.1. The lowest BCUT2D eigenvalue weighted by molar-refractivity contribution is 0.501. The van der Waals surface area contributed by atoms with Crippen molar-refractivity contribution >= 4 is 0 Å². The summed E-state index contributed by atoms with van der Waals surface area (Å²) in [6.45, 7) is 8.04. The van der Waals surface area contributed by atoms with Crippen LogP contribution in [0.15, 0.2) is 60.9 Å². The van der Waals surface area contributed by atoms with Crippen LogP contribution in [-0.4, -0.2) is 24.0 Å². The summed E-state index contributed by atoms with van der Waals surface area (Å²) in [5.74, 6) is 0. The molecule has 0 N–H and O–H groups in total. The van der Waals surface area contributed by atoms with Crippen molar-refractivity contribution in [2.75, 3.05) is 14.1 Å². The lowest BCUT2D eigenvalue weighted by Crippen LogP contribution is -2.11. The van der Waals surface area contributed by atoms with E-state index in [0.717, 1.165) is 23.4 Å². The fourth-order valence-corrected chi connectivity index (χ4v) is 1.72. The van der Waals surface area contributed by atoms with Crippen LogP contribution in [0.25, 0.3) is 11.3 Å². The molecular formula is C18H24N2. The molecule has 20 heavy (non-hydrogen) atoms. The Balaban J connectivity index is 0.000000956. The fourth-order valence-electron chi connectivity index (χ4n) is 1.72. The number of likely N-dealkylation sites (N-methyl/N-ethyl adjacent to an activating group) is 1. The first-order valence-corrected chi connectivity index (χ1v) is 7.02. The van der Waals surface area contributed by atoms with Gasteiger partial charge in [0.2, 0.25) is 0 Å². The number of nitrogens with zero attached hydrogens (tertiary/aromatic N) is 2. The minimum atomic E-state index is 0.884. The number of pyridine rings is 1. The molecule has 1 aromatic heterocycles. The van der Waals surface area contributed by atoms with Crippen molar-refractivity contribution in [3.63, 3.8) is 0 Å². The highest BCUT2D eigenvalue weighted by atomic mass is 15.1. The Kier molecular flexibility index (Phi) is 6.51. The standard InChI is InChI=1S/C16H18N2.C2H6/c1-13(18(2)3)12-14-7-9-15(10-8-14)16-6-4-5-11-17-16;1-2/h4-11H,1,12H2,2-3H3;1-2H3. The maximum Gasteiger partial charge on any atom is 0.0701 e. The van der Waals surface area contributed by atoms with Gasteiger partial charge in [0.15, 0.2) is 0 Å². The fraction of sp³-hybridized carbons (Fsp3) is 0.278. The van der Waals surface area contributed by atoms with Gasteiger partial charge in [-0.25, -0.2) is 0 Å². The summed E-state index contributed by atoms with van der Waals surface area (Å²) < 4.78 is 0. The quantitative estimate of drug-likeness (QED) is 0.817. The van der Waals surface area contributed by atoms with Crippen molar-refractivity contribution in [1.29, 1.82) is 0 Å².